The molecule has 30 heavy (non-hydrogen) atoms. The minimum Gasteiger partial charge on any atom is -0.356 e. The number of benzene rings is 2. The van der Waals surface area contributed by atoms with Gasteiger partial charge in [0.2, 0.25) is 0 Å². The zero-order chi connectivity index (χ0) is 20.6. The molecule has 2 N–H and O–H groups in total. The second-order valence-electron chi connectivity index (χ2n) is 7.70. The minimum atomic E-state index is -0.553. The summed E-state index contributed by atoms with van der Waals surface area (Å²) < 4.78 is 27.1. The second kappa shape index (κ2) is 12.2. The summed E-state index contributed by atoms with van der Waals surface area (Å²) in [5, 5.41) is 6.75. The van der Waals surface area contributed by atoms with Gasteiger partial charge >= 0.3 is 0 Å². The van der Waals surface area contributed by atoms with Crippen LogP contribution in [0, 0.1) is 11.6 Å². The van der Waals surface area contributed by atoms with E-state index in [1.54, 1.807) is 7.05 Å². The van der Waals surface area contributed by atoms with Gasteiger partial charge in [-0.2, -0.15) is 0 Å². The fourth-order valence-corrected chi connectivity index (χ4v) is 3.73. The molecule has 164 valence electrons. The highest BCUT2D eigenvalue weighted by Crippen LogP contribution is 2.19. The molecule has 0 aromatic heterocycles. The Labute approximate surface area is 195 Å². The number of hydrogen-bond donors (Lipinski definition) is 2. The molecule has 7 heteroatoms. The SMILES string of the molecule is CN=C(NCC(C)c1ccc(F)cc1F)NC1CCN(Cc2ccccc2)CC1.I. The lowest BCUT2D eigenvalue weighted by Crippen LogP contribution is -2.49. The first kappa shape index (κ1) is 24.5. The van der Waals surface area contributed by atoms with Crippen LogP contribution in [0.5, 0.6) is 0 Å². The highest BCUT2D eigenvalue weighted by atomic mass is 127. The van der Waals surface area contributed by atoms with Gasteiger partial charge in [0.1, 0.15) is 11.6 Å². The molecule has 2 aromatic carbocycles. The lowest BCUT2D eigenvalue weighted by molar-refractivity contribution is 0.198. The molecule has 1 saturated heterocycles. The lowest BCUT2D eigenvalue weighted by atomic mass is 10.0. The summed E-state index contributed by atoms with van der Waals surface area (Å²) in [7, 11) is 1.74. The molecule has 1 aliphatic rings. The van der Waals surface area contributed by atoms with Crippen molar-refractivity contribution in [2.24, 2.45) is 4.99 Å². The van der Waals surface area contributed by atoms with Crippen LogP contribution in [0.15, 0.2) is 53.5 Å². The van der Waals surface area contributed by atoms with E-state index in [4.69, 9.17) is 0 Å². The molecule has 1 atom stereocenters. The number of halogens is 3. The first-order chi connectivity index (χ1) is 14.0. The number of nitrogens with zero attached hydrogens (tertiary/aromatic N) is 2. The van der Waals surface area contributed by atoms with Crippen LogP contribution in [0.2, 0.25) is 0 Å². The number of piperidine rings is 1. The van der Waals surface area contributed by atoms with Gasteiger partial charge in [-0.05, 0) is 30.0 Å². The lowest BCUT2D eigenvalue weighted by Gasteiger charge is -2.33. The Balaban J connectivity index is 0.00000320. The molecule has 2 aromatic rings. The van der Waals surface area contributed by atoms with Crippen LogP contribution < -0.4 is 10.6 Å². The van der Waals surface area contributed by atoms with E-state index in [-0.39, 0.29) is 29.9 Å². The third kappa shape index (κ3) is 7.19. The Bertz CT molecular complexity index is 808. The zero-order valence-corrected chi connectivity index (χ0v) is 19.9. The standard InChI is InChI=1S/C23H30F2N4.HI/c1-17(21-9-8-19(24)14-22(21)25)15-27-23(26-2)28-20-10-12-29(13-11-20)16-18-6-4-3-5-7-18;/h3-9,14,17,20H,10-13,15-16H2,1-2H3,(H2,26,27,28);1H. The van der Waals surface area contributed by atoms with Crippen LogP contribution in [-0.4, -0.2) is 43.6 Å². The summed E-state index contributed by atoms with van der Waals surface area (Å²) in [6, 6.07) is 14.6. The summed E-state index contributed by atoms with van der Waals surface area (Å²) in [5.41, 5.74) is 1.85. The van der Waals surface area contributed by atoms with Crippen LogP contribution in [0.1, 0.15) is 36.8 Å². The summed E-state index contributed by atoms with van der Waals surface area (Å²) in [5.74, 6) is -0.432. The number of rotatable bonds is 6. The van der Waals surface area contributed by atoms with E-state index in [1.165, 1.54) is 17.7 Å². The third-order valence-electron chi connectivity index (χ3n) is 5.47. The van der Waals surface area contributed by atoms with Crippen LogP contribution in [0.3, 0.4) is 0 Å². The van der Waals surface area contributed by atoms with Crippen molar-refractivity contribution < 1.29 is 8.78 Å². The van der Waals surface area contributed by atoms with E-state index in [1.807, 2.05) is 13.0 Å². The Hall–Kier alpha value is -1.74. The van der Waals surface area contributed by atoms with Gasteiger partial charge in [0.05, 0.1) is 0 Å². The number of nitrogens with one attached hydrogen (secondary N) is 2. The molecule has 0 amide bonds. The van der Waals surface area contributed by atoms with Gasteiger partial charge < -0.3 is 10.6 Å². The highest BCUT2D eigenvalue weighted by Gasteiger charge is 2.20. The van der Waals surface area contributed by atoms with Gasteiger partial charge in [-0.25, -0.2) is 8.78 Å². The van der Waals surface area contributed by atoms with E-state index in [0.717, 1.165) is 44.5 Å². The van der Waals surface area contributed by atoms with Crippen LogP contribution in [0.25, 0.3) is 0 Å². The summed E-state index contributed by atoms with van der Waals surface area (Å²) in [6.45, 7) is 5.51. The maximum atomic E-state index is 14.0. The van der Waals surface area contributed by atoms with Crippen molar-refractivity contribution in [3.63, 3.8) is 0 Å². The monoisotopic (exact) mass is 528 g/mol. The zero-order valence-electron chi connectivity index (χ0n) is 17.6. The van der Waals surface area contributed by atoms with E-state index >= 15 is 0 Å². The van der Waals surface area contributed by atoms with E-state index in [2.05, 4.69) is 44.8 Å². The fraction of sp³-hybridized carbons (Fsp3) is 0.435. The average Bonchev–Trinajstić information content (AvgIpc) is 2.73. The van der Waals surface area contributed by atoms with Crippen molar-refractivity contribution in [2.75, 3.05) is 26.7 Å². The van der Waals surface area contributed by atoms with Gasteiger partial charge in [0.15, 0.2) is 5.96 Å². The first-order valence-electron chi connectivity index (χ1n) is 10.2. The molecular formula is C23H31F2IN4. The van der Waals surface area contributed by atoms with Gasteiger partial charge in [0, 0.05) is 51.3 Å². The van der Waals surface area contributed by atoms with Gasteiger partial charge in [0.25, 0.3) is 0 Å². The first-order valence-corrected chi connectivity index (χ1v) is 10.2. The fourth-order valence-electron chi connectivity index (χ4n) is 3.73. The Morgan fingerprint density at radius 2 is 1.83 bits per heavy atom. The largest absolute Gasteiger partial charge is 0.356 e. The minimum absolute atomic E-state index is 0. The van der Waals surface area contributed by atoms with Crippen molar-refractivity contribution in [3.05, 3.63) is 71.3 Å². The van der Waals surface area contributed by atoms with Crippen molar-refractivity contribution in [1.82, 2.24) is 15.5 Å². The van der Waals surface area contributed by atoms with Crippen LogP contribution in [-0.2, 0) is 6.54 Å². The molecule has 0 saturated carbocycles. The number of aliphatic imine (C=N–C) groups is 1. The number of hydrogen-bond acceptors (Lipinski definition) is 2. The van der Waals surface area contributed by atoms with E-state index < -0.39 is 11.6 Å². The predicted octanol–water partition coefficient (Wildman–Crippen LogP) is 4.52. The molecule has 1 fully saturated rings. The van der Waals surface area contributed by atoms with Gasteiger partial charge in [-0.3, -0.25) is 9.89 Å². The maximum Gasteiger partial charge on any atom is 0.191 e. The number of likely N-dealkylation sites (tertiary alicyclic amines) is 1. The van der Waals surface area contributed by atoms with Gasteiger partial charge in [-0.15, -0.1) is 24.0 Å². The molecule has 0 spiro atoms. The van der Waals surface area contributed by atoms with Crippen LogP contribution in [0.4, 0.5) is 8.78 Å². The number of guanidine groups is 1. The predicted molar refractivity (Wildman–Crippen MR) is 129 cm³/mol. The summed E-state index contributed by atoms with van der Waals surface area (Å²) >= 11 is 0. The normalized spacial score (nSPS) is 16.6. The van der Waals surface area contributed by atoms with E-state index in [0.29, 0.717) is 18.2 Å². The molecule has 0 radical (unpaired) electrons. The quantitative estimate of drug-likeness (QED) is 0.329. The molecule has 4 nitrogen and oxygen atoms in total. The summed E-state index contributed by atoms with van der Waals surface area (Å²) in [4.78, 5) is 6.77. The molecule has 0 aliphatic carbocycles. The Kier molecular flexibility index (Phi) is 9.97. The Morgan fingerprint density at radius 1 is 1.13 bits per heavy atom. The average molecular weight is 528 g/mol. The van der Waals surface area contributed by atoms with Crippen molar-refractivity contribution in [2.45, 2.75) is 38.3 Å². The van der Waals surface area contributed by atoms with Crippen molar-refractivity contribution >= 4 is 29.9 Å². The molecule has 3 rings (SSSR count). The highest BCUT2D eigenvalue weighted by molar-refractivity contribution is 14.0. The Morgan fingerprint density at radius 3 is 2.47 bits per heavy atom. The molecule has 1 heterocycles. The third-order valence-corrected chi connectivity index (χ3v) is 5.47. The van der Waals surface area contributed by atoms with Crippen molar-refractivity contribution in [1.29, 1.82) is 0 Å². The summed E-state index contributed by atoms with van der Waals surface area (Å²) in [6.07, 6.45) is 2.10. The molecular weight excluding hydrogens is 497 g/mol. The second-order valence-corrected chi connectivity index (χ2v) is 7.70. The maximum absolute atomic E-state index is 14.0. The molecule has 1 unspecified atom stereocenters. The molecule has 0 bridgehead atoms. The van der Waals surface area contributed by atoms with Gasteiger partial charge in [-0.1, -0.05) is 43.3 Å². The topological polar surface area (TPSA) is 39.7 Å². The van der Waals surface area contributed by atoms with Crippen LogP contribution >= 0.6 is 24.0 Å². The molecule has 1 aliphatic heterocycles. The van der Waals surface area contributed by atoms with E-state index in [9.17, 15) is 8.78 Å². The smallest absolute Gasteiger partial charge is 0.191 e. The van der Waals surface area contributed by atoms with Crippen molar-refractivity contribution in [3.8, 4) is 0 Å².